The molecule has 0 aliphatic heterocycles. The van der Waals surface area contributed by atoms with Crippen molar-refractivity contribution in [2.24, 2.45) is 0 Å². The first kappa shape index (κ1) is 21.4. The Morgan fingerprint density at radius 3 is 2.37 bits per heavy atom. The third-order valence-corrected chi connectivity index (χ3v) is 5.63. The summed E-state index contributed by atoms with van der Waals surface area (Å²) in [5, 5.41) is 3.22. The number of hydrogen-bond acceptors (Lipinski definition) is 4. The van der Waals surface area contributed by atoms with Crippen molar-refractivity contribution >= 4 is 38.9 Å². The number of carbonyl (C=O) groups excluding carboxylic acids is 1. The molecule has 0 fully saturated rings. The second kappa shape index (κ2) is 9.47. The molecule has 0 saturated heterocycles. The van der Waals surface area contributed by atoms with Crippen LogP contribution in [0.2, 0.25) is 5.02 Å². The second-order valence-corrected chi connectivity index (χ2v) is 8.34. The van der Waals surface area contributed by atoms with E-state index in [-0.39, 0.29) is 10.8 Å². The number of carbonyl (C=O) groups is 1. The quantitative estimate of drug-likeness (QED) is 0.483. The van der Waals surface area contributed by atoms with Crippen molar-refractivity contribution in [3.63, 3.8) is 0 Å². The van der Waals surface area contributed by atoms with Crippen molar-refractivity contribution in [2.75, 3.05) is 16.6 Å². The predicted octanol–water partition coefficient (Wildman–Crippen LogP) is 4.96. The fourth-order valence-electron chi connectivity index (χ4n) is 2.54. The topological polar surface area (TPSA) is 84.5 Å². The van der Waals surface area contributed by atoms with Gasteiger partial charge in [0.1, 0.15) is 12.4 Å². The molecule has 0 unspecified atom stereocenters. The molecular weight excluding hydrogens is 424 g/mol. The van der Waals surface area contributed by atoms with Crippen molar-refractivity contribution in [2.45, 2.75) is 4.90 Å². The molecule has 8 heteroatoms. The molecule has 2 N–H and O–H groups in total. The number of halogens is 1. The van der Waals surface area contributed by atoms with Gasteiger partial charge in [-0.25, -0.2) is 8.42 Å². The van der Waals surface area contributed by atoms with Gasteiger partial charge in [-0.15, -0.1) is 0 Å². The van der Waals surface area contributed by atoms with E-state index in [2.05, 4.69) is 16.6 Å². The first-order valence-corrected chi connectivity index (χ1v) is 10.8. The molecule has 0 saturated carbocycles. The van der Waals surface area contributed by atoms with E-state index in [1.165, 1.54) is 48.5 Å². The molecule has 0 radical (unpaired) electrons. The number of ether oxygens (including phenoxy) is 1. The lowest BCUT2D eigenvalue weighted by molar-refractivity contribution is 0.102. The average Bonchev–Trinajstić information content (AvgIpc) is 2.73. The van der Waals surface area contributed by atoms with Gasteiger partial charge in [-0.05, 0) is 60.7 Å². The van der Waals surface area contributed by atoms with Gasteiger partial charge in [0.15, 0.2) is 0 Å². The Kier molecular flexibility index (Phi) is 6.76. The largest absolute Gasteiger partial charge is 0.489 e. The normalized spacial score (nSPS) is 10.8. The molecule has 0 bridgehead atoms. The average molecular weight is 443 g/mol. The number of nitrogens with one attached hydrogen (secondary N) is 2. The first-order chi connectivity index (χ1) is 14.4. The van der Waals surface area contributed by atoms with Crippen LogP contribution in [0.15, 0.2) is 90.3 Å². The molecule has 0 heterocycles. The minimum absolute atomic E-state index is 0.0901. The number of rotatable bonds is 8. The SMILES string of the molecule is C=CCOc1cccc(NC(=O)c2ccc(NS(=O)(=O)c3ccc(Cl)cc3)cc2)c1. The van der Waals surface area contributed by atoms with Crippen LogP contribution in [-0.2, 0) is 10.0 Å². The lowest BCUT2D eigenvalue weighted by Gasteiger charge is -2.10. The monoisotopic (exact) mass is 442 g/mol. The number of sulfonamides is 1. The van der Waals surface area contributed by atoms with Gasteiger partial charge >= 0.3 is 0 Å². The number of amides is 1. The standard InChI is InChI=1S/C22H19ClN2O4S/c1-2-14-29-20-5-3-4-19(15-20)24-22(26)16-6-10-18(11-7-16)25-30(27,28)21-12-8-17(23)9-13-21/h2-13,15,25H,1,14H2,(H,24,26). The second-order valence-electron chi connectivity index (χ2n) is 6.22. The summed E-state index contributed by atoms with van der Waals surface area (Å²) in [6, 6.07) is 18.9. The third kappa shape index (κ3) is 5.62. The highest BCUT2D eigenvalue weighted by Crippen LogP contribution is 2.20. The molecule has 0 aliphatic carbocycles. The van der Waals surface area contributed by atoms with E-state index in [0.717, 1.165) is 0 Å². The molecule has 3 aromatic rings. The minimum atomic E-state index is -3.75. The molecule has 0 aromatic heterocycles. The molecule has 3 aromatic carbocycles. The summed E-state index contributed by atoms with van der Waals surface area (Å²) in [5.41, 5.74) is 1.29. The van der Waals surface area contributed by atoms with E-state index < -0.39 is 10.0 Å². The fourth-order valence-corrected chi connectivity index (χ4v) is 3.72. The van der Waals surface area contributed by atoms with Crippen molar-refractivity contribution in [3.05, 3.63) is 96.0 Å². The van der Waals surface area contributed by atoms with Crippen LogP contribution in [0.25, 0.3) is 0 Å². The lowest BCUT2D eigenvalue weighted by atomic mass is 10.2. The maximum absolute atomic E-state index is 12.5. The van der Waals surface area contributed by atoms with Crippen LogP contribution in [0.3, 0.4) is 0 Å². The number of hydrogen-bond donors (Lipinski definition) is 2. The third-order valence-electron chi connectivity index (χ3n) is 3.98. The van der Waals surface area contributed by atoms with Crippen molar-refractivity contribution in [1.29, 1.82) is 0 Å². The van der Waals surface area contributed by atoms with Gasteiger partial charge in [-0.1, -0.05) is 30.3 Å². The van der Waals surface area contributed by atoms with E-state index in [1.54, 1.807) is 30.3 Å². The van der Waals surface area contributed by atoms with E-state index in [0.29, 0.717) is 34.3 Å². The molecule has 0 spiro atoms. The first-order valence-electron chi connectivity index (χ1n) is 8.91. The molecule has 1 amide bonds. The maximum Gasteiger partial charge on any atom is 0.261 e. The zero-order valence-electron chi connectivity index (χ0n) is 15.8. The van der Waals surface area contributed by atoms with E-state index in [4.69, 9.17) is 16.3 Å². The highest BCUT2D eigenvalue weighted by Gasteiger charge is 2.14. The number of benzene rings is 3. The zero-order valence-corrected chi connectivity index (χ0v) is 17.4. The van der Waals surface area contributed by atoms with Crippen molar-refractivity contribution in [3.8, 4) is 5.75 Å². The fraction of sp³-hybridized carbons (Fsp3) is 0.0455. The van der Waals surface area contributed by atoms with E-state index in [9.17, 15) is 13.2 Å². The predicted molar refractivity (Wildman–Crippen MR) is 119 cm³/mol. The molecule has 30 heavy (non-hydrogen) atoms. The maximum atomic E-state index is 12.5. The summed E-state index contributed by atoms with van der Waals surface area (Å²) in [7, 11) is -3.75. The van der Waals surface area contributed by atoms with Crippen LogP contribution >= 0.6 is 11.6 Å². The van der Waals surface area contributed by atoms with Crippen molar-refractivity contribution in [1.82, 2.24) is 0 Å². The zero-order chi connectivity index (χ0) is 21.6. The van der Waals surface area contributed by atoms with Gasteiger partial charge < -0.3 is 10.1 Å². The summed E-state index contributed by atoms with van der Waals surface area (Å²) in [5.74, 6) is 0.280. The number of anilines is 2. The van der Waals surface area contributed by atoms with Crippen LogP contribution in [0.5, 0.6) is 5.75 Å². The van der Waals surface area contributed by atoms with Gasteiger partial charge in [-0.3, -0.25) is 9.52 Å². The van der Waals surface area contributed by atoms with E-state index in [1.807, 2.05) is 0 Å². The van der Waals surface area contributed by atoms with Crippen LogP contribution in [0, 0.1) is 0 Å². The summed E-state index contributed by atoms with van der Waals surface area (Å²) in [6.45, 7) is 3.96. The Bertz CT molecular complexity index is 1140. The molecule has 6 nitrogen and oxygen atoms in total. The highest BCUT2D eigenvalue weighted by molar-refractivity contribution is 7.92. The van der Waals surface area contributed by atoms with Gasteiger partial charge in [0, 0.05) is 28.0 Å². The van der Waals surface area contributed by atoms with Gasteiger partial charge in [0.05, 0.1) is 4.90 Å². The summed E-state index contributed by atoms with van der Waals surface area (Å²) >= 11 is 5.79. The molecule has 0 aliphatic rings. The smallest absolute Gasteiger partial charge is 0.261 e. The highest BCUT2D eigenvalue weighted by atomic mass is 35.5. The summed E-state index contributed by atoms with van der Waals surface area (Å²) in [4.78, 5) is 12.6. The molecular formula is C22H19ClN2O4S. The molecule has 3 rings (SSSR count). The Balaban J connectivity index is 1.67. The molecule has 154 valence electrons. The van der Waals surface area contributed by atoms with Crippen LogP contribution in [0.1, 0.15) is 10.4 Å². The molecule has 0 atom stereocenters. The van der Waals surface area contributed by atoms with Gasteiger partial charge in [0.25, 0.3) is 15.9 Å². The van der Waals surface area contributed by atoms with Crippen molar-refractivity contribution < 1.29 is 17.9 Å². The van der Waals surface area contributed by atoms with Crippen LogP contribution < -0.4 is 14.8 Å². The summed E-state index contributed by atoms with van der Waals surface area (Å²) in [6.07, 6.45) is 1.63. The Labute approximate surface area is 180 Å². The summed E-state index contributed by atoms with van der Waals surface area (Å²) < 4.78 is 32.8. The Hall–Kier alpha value is -3.29. The lowest BCUT2D eigenvalue weighted by Crippen LogP contribution is -2.14. The van der Waals surface area contributed by atoms with Crippen LogP contribution in [0.4, 0.5) is 11.4 Å². The van der Waals surface area contributed by atoms with Crippen LogP contribution in [-0.4, -0.2) is 20.9 Å². The Morgan fingerprint density at radius 2 is 1.70 bits per heavy atom. The van der Waals surface area contributed by atoms with Gasteiger partial charge in [0.2, 0.25) is 0 Å². The van der Waals surface area contributed by atoms with Gasteiger partial charge in [-0.2, -0.15) is 0 Å². The van der Waals surface area contributed by atoms with E-state index >= 15 is 0 Å². The Morgan fingerprint density at radius 1 is 1.00 bits per heavy atom. The minimum Gasteiger partial charge on any atom is -0.489 e.